The number of rotatable bonds is 5. The van der Waals surface area contributed by atoms with E-state index < -0.39 is 0 Å². The van der Waals surface area contributed by atoms with E-state index in [-0.39, 0.29) is 11.8 Å². The van der Waals surface area contributed by atoms with Crippen molar-refractivity contribution < 1.29 is 14.0 Å². The molecule has 0 aliphatic carbocycles. The van der Waals surface area contributed by atoms with Gasteiger partial charge in [-0.3, -0.25) is 9.59 Å². The number of carbonyl (C=O) groups excluding carboxylic acids is 2. The average Bonchev–Trinajstić information content (AvgIpc) is 3.08. The van der Waals surface area contributed by atoms with E-state index in [0.717, 1.165) is 22.7 Å². The highest BCUT2D eigenvalue weighted by Crippen LogP contribution is 2.15. The number of furan rings is 1. The number of hydrazone groups is 1. The Bertz CT molecular complexity index is 718. The fourth-order valence-electron chi connectivity index (χ4n) is 2.34. The topological polar surface area (TPSA) is 83.7 Å². The van der Waals surface area contributed by atoms with Crippen molar-refractivity contribution in [2.75, 3.05) is 5.32 Å². The summed E-state index contributed by atoms with van der Waals surface area (Å²) >= 11 is 0. The molecular formula is C17H17N3O3. The molecule has 23 heavy (non-hydrogen) atoms. The minimum Gasteiger partial charge on any atom is -0.469 e. The van der Waals surface area contributed by atoms with Gasteiger partial charge in [-0.2, -0.15) is 5.10 Å². The zero-order valence-corrected chi connectivity index (χ0v) is 12.5. The standard InChI is InChI=1S/C17H17N3O3/c21-16(9-7-14-2-1-11-23-14)18-13-5-3-12(4-6-13)15-8-10-17(22)20-19-15/h1-6,11H,7-10H2,(H,18,21)(H,20,22). The van der Waals surface area contributed by atoms with Crippen molar-refractivity contribution in [3.05, 3.63) is 54.0 Å². The molecule has 0 saturated carbocycles. The van der Waals surface area contributed by atoms with Gasteiger partial charge in [0.2, 0.25) is 11.8 Å². The first-order chi connectivity index (χ1) is 11.2. The Labute approximate surface area is 133 Å². The number of nitrogens with zero attached hydrogens (tertiary/aromatic N) is 1. The van der Waals surface area contributed by atoms with Crippen LogP contribution in [0, 0.1) is 0 Å². The molecule has 0 radical (unpaired) electrons. The lowest BCUT2D eigenvalue weighted by molar-refractivity contribution is -0.121. The van der Waals surface area contributed by atoms with Gasteiger partial charge in [0.15, 0.2) is 0 Å². The summed E-state index contributed by atoms with van der Waals surface area (Å²) in [6.07, 6.45) is 3.62. The molecule has 1 aliphatic rings. The number of hydrogen-bond donors (Lipinski definition) is 2. The Kier molecular flexibility index (Phi) is 4.52. The summed E-state index contributed by atoms with van der Waals surface area (Å²) < 4.78 is 5.20. The lowest BCUT2D eigenvalue weighted by Crippen LogP contribution is -2.25. The van der Waals surface area contributed by atoms with Gasteiger partial charge in [0.05, 0.1) is 12.0 Å². The Morgan fingerprint density at radius 1 is 1.22 bits per heavy atom. The van der Waals surface area contributed by atoms with Crippen LogP contribution in [0.15, 0.2) is 52.2 Å². The molecule has 0 bridgehead atoms. The van der Waals surface area contributed by atoms with Gasteiger partial charge in [-0.05, 0) is 29.8 Å². The third-order valence-electron chi connectivity index (χ3n) is 3.58. The van der Waals surface area contributed by atoms with Gasteiger partial charge >= 0.3 is 0 Å². The van der Waals surface area contributed by atoms with Crippen LogP contribution in [-0.2, 0) is 16.0 Å². The summed E-state index contributed by atoms with van der Waals surface area (Å²) in [5.74, 6) is 0.679. The summed E-state index contributed by atoms with van der Waals surface area (Å²) in [6.45, 7) is 0. The van der Waals surface area contributed by atoms with E-state index >= 15 is 0 Å². The van der Waals surface area contributed by atoms with E-state index in [1.807, 2.05) is 36.4 Å². The molecule has 2 aromatic rings. The molecule has 6 heteroatoms. The van der Waals surface area contributed by atoms with E-state index in [2.05, 4.69) is 15.8 Å². The number of nitrogens with one attached hydrogen (secondary N) is 2. The fourth-order valence-corrected chi connectivity index (χ4v) is 2.34. The molecule has 2 N–H and O–H groups in total. The zero-order valence-electron chi connectivity index (χ0n) is 12.5. The number of carbonyl (C=O) groups is 2. The van der Waals surface area contributed by atoms with Gasteiger partial charge in [-0.25, -0.2) is 5.43 Å². The monoisotopic (exact) mass is 311 g/mol. The molecule has 3 rings (SSSR count). The van der Waals surface area contributed by atoms with Crippen LogP contribution in [0.3, 0.4) is 0 Å². The van der Waals surface area contributed by atoms with Gasteiger partial charge in [0.25, 0.3) is 0 Å². The summed E-state index contributed by atoms with van der Waals surface area (Å²) in [5, 5.41) is 6.90. The lowest BCUT2D eigenvalue weighted by atomic mass is 10.0. The van der Waals surface area contributed by atoms with Crippen LogP contribution < -0.4 is 10.7 Å². The van der Waals surface area contributed by atoms with Crippen molar-refractivity contribution in [2.24, 2.45) is 5.10 Å². The number of hydrogen-bond acceptors (Lipinski definition) is 4. The largest absolute Gasteiger partial charge is 0.469 e. The first-order valence-electron chi connectivity index (χ1n) is 7.49. The average molecular weight is 311 g/mol. The van der Waals surface area contributed by atoms with Gasteiger partial charge < -0.3 is 9.73 Å². The number of benzene rings is 1. The van der Waals surface area contributed by atoms with Gasteiger partial charge in [0.1, 0.15) is 5.76 Å². The highest BCUT2D eigenvalue weighted by atomic mass is 16.3. The Morgan fingerprint density at radius 3 is 2.70 bits per heavy atom. The maximum atomic E-state index is 11.9. The van der Waals surface area contributed by atoms with Crippen LogP contribution in [0.5, 0.6) is 0 Å². The maximum Gasteiger partial charge on any atom is 0.240 e. The molecule has 2 heterocycles. The molecule has 118 valence electrons. The van der Waals surface area contributed by atoms with E-state index in [4.69, 9.17) is 4.42 Å². The van der Waals surface area contributed by atoms with Gasteiger partial charge in [-0.15, -0.1) is 0 Å². The molecular weight excluding hydrogens is 294 g/mol. The number of amides is 2. The second-order valence-electron chi connectivity index (χ2n) is 5.30. The quantitative estimate of drug-likeness (QED) is 0.889. The Balaban J connectivity index is 1.55. The smallest absolute Gasteiger partial charge is 0.240 e. The first kappa shape index (κ1) is 15.0. The SMILES string of the molecule is O=C1CCC(c2ccc(NC(=O)CCc3ccco3)cc2)=NN1. The fraction of sp³-hybridized carbons (Fsp3) is 0.235. The molecule has 1 aromatic carbocycles. The minimum atomic E-state index is -0.0609. The van der Waals surface area contributed by atoms with E-state index in [9.17, 15) is 9.59 Å². The molecule has 6 nitrogen and oxygen atoms in total. The van der Waals surface area contributed by atoms with Crippen LogP contribution >= 0.6 is 0 Å². The van der Waals surface area contributed by atoms with Crippen LogP contribution in [0.1, 0.15) is 30.6 Å². The summed E-state index contributed by atoms with van der Waals surface area (Å²) in [4.78, 5) is 23.0. The highest BCUT2D eigenvalue weighted by molar-refractivity contribution is 6.04. The molecule has 0 atom stereocenters. The molecule has 0 spiro atoms. The van der Waals surface area contributed by atoms with Crippen LogP contribution in [0.4, 0.5) is 5.69 Å². The van der Waals surface area contributed by atoms with Crippen molar-refractivity contribution in [2.45, 2.75) is 25.7 Å². The normalized spacial score (nSPS) is 14.1. The molecule has 0 unspecified atom stereocenters. The van der Waals surface area contributed by atoms with Crippen LogP contribution in [0.25, 0.3) is 0 Å². The van der Waals surface area contributed by atoms with Gasteiger partial charge in [0, 0.05) is 31.4 Å². The van der Waals surface area contributed by atoms with Crippen molar-refractivity contribution in [3.8, 4) is 0 Å². The minimum absolute atomic E-state index is 0.0589. The van der Waals surface area contributed by atoms with Gasteiger partial charge in [-0.1, -0.05) is 12.1 Å². The lowest BCUT2D eigenvalue weighted by Gasteiger charge is -2.12. The van der Waals surface area contributed by atoms with Crippen molar-refractivity contribution in [1.29, 1.82) is 0 Å². The Hall–Kier alpha value is -2.89. The van der Waals surface area contributed by atoms with Crippen molar-refractivity contribution in [1.82, 2.24) is 5.43 Å². The predicted octanol–water partition coefficient (Wildman–Crippen LogP) is 2.46. The third-order valence-corrected chi connectivity index (χ3v) is 3.58. The molecule has 0 saturated heterocycles. The number of aryl methyl sites for hydroxylation is 1. The molecule has 1 aliphatic heterocycles. The second-order valence-corrected chi connectivity index (χ2v) is 5.30. The molecule has 1 aromatic heterocycles. The van der Waals surface area contributed by atoms with Crippen LogP contribution in [-0.4, -0.2) is 17.5 Å². The maximum absolute atomic E-state index is 11.9. The van der Waals surface area contributed by atoms with Crippen molar-refractivity contribution >= 4 is 23.2 Å². The second kappa shape index (κ2) is 6.91. The summed E-state index contributed by atoms with van der Waals surface area (Å²) in [7, 11) is 0. The summed E-state index contributed by atoms with van der Waals surface area (Å²) in [5.41, 5.74) is 5.00. The zero-order chi connectivity index (χ0) is 16.1. The van der Waals surface area contributed by atoms with Crippen molar-refractivity contribution in [3.63, 3.8) is 0 Å². The van der Waals surface area contributed by atoms with E-state index in [1.165, 1.54) is 0 Å². The summed E-state index contributed by atoms with van der Waals surface area (Å²) in [6, 6.07) is 11.1. The third kappa shape index (κ3) is 4.06. The first-order valence-corrected chi connectivity index (χ1v) is 7.49. The van der Waals surface area contributed by atoms with E-state index in [1.54, 1.807) is 6.26 Å². The van der Waals surface area contributed by atoms with Crippen LogP contribution in [0.2, 0.25) is 0 Å². The Morgan fingerprint density at radius 2 is 2.04 bits per heavy atom. The highest BCUT2D eigenvalue weighted by Gasteiger charge is 2.13. The molecule has 0 fully saturated rings. The number of anilines is 1. The molecule has 2 amide bonds. The predicted molar refractivity (Wildman–Crippen MR) is 86.0 cm³/mol. The van der Waals surface area contributed by atoms with E-state index in [0.29, 0.717) is 25.7 Å².